The largest absolute Gasteiger partial charge is 0.490 e. The second kappa shape index (κ2) is 44.9. The van der Waals surface area contributed by atoms with Crippen molar-refractivity contribution in [2.24, 2.45) is 22.9 Å². The van der Waals surface area contributed by atoms with Crippen molar-refractivity contribution in [3.8, 4) is 66.0 Å². The Bertz CT molecular complexity index is 7270. The summed E-state index contributed by atoms with van der Waals surface area (Å²) in [4.78, 5) is 72.3. The number of fused-ring (bicyclic) bond motifs is 4. The van der Waals surface area contributed by atoms with Gasteiger partial charge in [0.1, 0.15) is 160 Å². The number of hydrogen-bond donors (Lipinski definition) is 6. The Morgan fingerprint density at radius 1 is 0.347 bits per heavy atom. The topological polar surface area (TPSA) is 348 Å². The van der Waals surface area contributed by atoms with E-state index < -0.39 is 59.3 Å². The molecule has 20 rings (SSSR count). The second-order valence-electron chi connectivity index (χ2n) is 35.3. The molecule has 0 unspecified atom stereocenters. The third-order valence-corrected chi connectivity index (χ3v) is 30.3. The highest BCUT2D eigenvalue weighted by atomic mass is 35.5. The van der Waals surface area contributed by atoms with Crippen LogP contribution >= 0.6 is 68.5 Å². The number of thiophene rings is 4. The number of rotatable bonds is 28. The summed E-state index contributed by atoms with van der Waals surface area (Å²) in [6, 6.07) is 55.3. The van der Waals surface area contributed by atoms with Crippen molar-refractivity contribution in [2.45, 2.75) is 140 Å². The number of imidazole rings is 4. The van der Waals surface area contributed by atoms with Crippen molar-refractivity contribution in [1.29, 1.82) is 0 Å². The molecule has 4 aliphatic rings. The molecule has 40 heteroatoms. The van der Waals surface area contributed by atoms with Gasteiger partial charge in [0.15, 0.2) is 0 Å². The van der Waals surface area contributed by atoms with Gasteiger partial charge >= 0.3 is 12.4 Å². The van der Waals surface area contributed by atoms with E-state index in [-0.39, 0.29) is 69.0 Å². The van der Waals surface area contributed by atoms with Crippen LogP contribution in [0.1, 0.15) is 176 Å². The second-order valence-corrected chi connectivity index (χ2v) is 40.2. The van der Waals surface area contributed by atoms with Crippen LogP contribution in [-0.4, -0.2) is 163 Å². The van der Waals surface area contributed by atoms with Crippen molar-refractivity contribution in [1.82, 2.24) is 58.6 Å². The maximum absolute atomic E-state index is 13.5. The highest BCUT2D eigenvalue weighted by molar-refractivity contribution is 7.18. The number of aromatic nitrogens is 8. The number of alkyl halides is 6. The first kappa shape index (κ1) is 102. The lowest BCUT2D eigenvalue weighted by atomic mass is 10.0. The monoisotopic (exact) mass is 2080 g/mol. The Kier molecular flexibility index (Phi) is 31.9. The van der Waals surface area contributed by atoms with Crippen LogP contribution in [0.25, 0.3) is 64.1 Å². The summed E-state index contributed by atoms with van der Waals surface area (Å²) < 4.78 is 138. The Balaban J connectivity index is 0.000000132. The Labute approximate surface area is 850 Å². The third-order valence-electron chi connectivity index (χ3n) is 25.1. The number of primary amides is 4. The van der Waals surface area contributed by atoms with E-state index in [0.717, 1.165) is 215 Å². The lowest BCUT2D eigenvalue weighted by Gasteiger charge is -2.29. The van der Waals surface area contributed by atoms with Gasteiger partial charge in [0.25, 0.3) is 23.6 Å². The van der Waals surface area contributed by atoms with Crippen LogP contribution in [0.4, 0.5) is 26.3 Å². The summed E-state index contributed by atoms with van der Waals surface area (Å²) in [5.41, 5.74) is 29.0. The van der Waals surface area contributed by atoms with Crippen LogP contribution in [0, 0.1) is 0 Å². The number of carbonyl (C=O) groups is 4. The van der Waals surface area contributed by atoms with Crippen LogP contribution in [0.2, 0.25) is 10.0 Å². The molecule has 4 aliphatic heterocycles. The van der Waals surface area contributed by atoms with Gasteiger partial charge in [-0.2, -0.15) is 26.3 Å². The van der Waals surface area contributed by atoms with Gasteiger partial charge in [-0.1, -0.05) is 96.0 Å². The summed E-state index contributed by atoms with van der Waals surface area (Å²) >= 11 is 17.4. The molecule has 4 saturated heterocycles. The molecule has 10 N–H and O–H groups in total. The normalized spacial score (nSPS) is 15.7. The molecular formula is C104H104Cl2F6N16O12S4. The molecule has 8 aromatic carbocycles. The first-order chi connectivity index (χ1) is 69.2. The quantitative estimate of drug-likeness (QED) is 0.0248. The number of halogens is 8. The molecule has 752 valence electrons. The fourth-order valence-electron chi connectivity index (χ4n) is 17.6. The molecule has 16 aromatic rings. The standard InChI is InChI=1S/C27H27F3N4O3S.C26H27ClN4O3S.C26H25F3N4O3S.C25H25ClN4O3S/c1-16(19-5-3-4-6-20(19)27(28,29)30)36-23-14-24(38-25(23)26(31)35)34-15-32-21-8-7-18(13-22(21)34)37-17-9-11-33(2)12-10-17;1-16(19-5-3-4-6-20(19)27)33-23-14-24(35-25(23)26(28)32)31-15-29-21-8-7-18(13-22(21)31)34-17-9-11-30(2)12-10-17;1-15(18-4-2-3-5-19(18)26(27,28)29)35-22-13-23(37-24(22)25(30)34)33-14-32-20-7-6-17(12-21(20)33)36-16-8-10-31-11-9-16;1-15(18-4-2-3-5-19(18)26)32-22-13-23(34-24(22)25(27)31)30-14-29-20-7-6-17(12-21(20)30)33-16-8-10-28-11-9-16/h3-8,13-17H,9-12H2,1-2H3,(H2,31,35);3-8,13-17H,9-12H2,1-2H3,(H2,28,32);2-7,12-16,31H,8-11H2,1H3,(H2,30,34);2-7,12-16,28H,8-11H2,1H3,(H2,27,31)/t2*16-;2*15-/m1111/s1. The molecule has 4 fully saturated rings. The molecule has 0 spiro atoms. The molecule has 8 aromatic heterocycles. The zero-order valence-electron chi connectivity index (χ0n) is 79.1. The first-order valence-electron chi connectivity index (χ1n) is 46.8. The smallest absolute Gasteiger partial charge is 0.416 e. The molecule has 12 heterocycles. The number of hydrogen-bond acceptors (Lipinski definition) is 24. The maximum atomic E-state index is 13.5. The summed E-state index contributed by atoms with van der Waals surface area (Å²) in [6.45, 7) is 14.6. The van der Waals surface area contributed by atoms with Crippen molar-refractivity contribution in [3.63, 3.8) is 0 Å². The lowest BCUT2D eigenvalue weighted by molar-refractivity contribution is -0.139. The fourth-order valence-corrected chi connectivity index (χ4v) is 21.8. The molecule has 0 bridgehead atoms. The number of benzene rings is 8. The van der Waals surface area contributed by atoms with Crippen molar-refractivity contribution in [2.75, 3.05) is 66.5 Å². The van der Waals surface area contributed by atoms with Gasteiger partial charge in [0.05, 0.1) is 55.3 Å². The summed E-state index contributed by atoms with van der Waals surface area (Å²) in [7, 11) is 4.23. The molecule has 28 nitrogen and oxygen atoms in total. The van der Waals surface area contributed by atoms with Gasteiger partial charge in [0.2, 0.25) is 0 Å². The van der Waals surface area contributed by atoms with Crippen molar-refractivity contribution >= 4 is 136 Å². The Morgan fingerprint density at radius 3 is 0.833 bits per heavy atom. The molecular weight excluding hydrogens is 1980 g/mol. The zero-order chi connectivity index (χ0) is 101. The van der Waals surface area contributed by atoms with Crippen LogP contribution in [0.3, 0.4) is 0 Å². The van der Waals surface area contributed by atoms with E-state index >= 15 is 0 Å². The zero-order valence-corrected chi connectivity index (χ0v) is 83.8. The van der Waals surface area contributed by atoms with Gasteiger partial charge in [-0.25, -0.2) is 19.9 Å². The number of nitrogens with two attached hydrogens (primary N) is 4. The summed E-state index contributed by atoms with van der Waals surface area (Å²) in [6.07, 6.45) is 3.28. The average molecular weight is 2080 g/mol. The predicted octanol–water partition coefficient (Wildman–Crippen LogP) is 21.9. The van der Waals surface area contributed by atoms with Gasteiger partial charge in [-0.15, -0.1) is 45.3 Å². The minimum atomic E-state index is -4.54. The predicted molar refractivity (Wildman–Crippen MR) is 547 cm³/mol. The van der Waals surface area contributed by atoms with Crippen molar-refractivity contribution in [3.05, 3.63) is 282 Å². The fraction of sp³-hybridized carbons (Fsp3) is 0.308. The highest BCUT2D eigenvalue weighted by Crippen LogP contribution is 2.46. The first-order valence-corrected chi connectivity index (χ1v) is 50.8. The van der Waals surface area contributed by atoms with Gasteiger partial charge in [0, 0.05) is 107 Å². The molecule has 4 amide bonds. The molecule has 0 saturated carbocycles. The van der Waals surface area contributed by atoms with E-state index in [9.17, 15) is 45.5 Å². The highest BCUT2D eigenvalue weighted by Gasteiger charge is 2.38. The number of nitrogens with zero attached hydrogens (tertiary/aromatic N) is 10. The maximum Gasteiger partial charge on any atom is 0.416 e. The van der Waals surface area contributed by atoms with E-state index in [1.165, 1.54) is 72.9 Å². The molecule has 0 radical (unpaired) electrons. The summed E-state index contributed by atoms with van der Waals surface area (Å²) in [5.74, 6) is 1.55. The van der Waals surface area contributed by atoms with E-state index in [4.69, 9.17) is 84.0 Å². The Morgan fingerprint density at radius 2 is 0.583 bits per heavy atom. The SMILES string of the molecule is C[C@@H](Oc1cc(-n2cnc3ccc(OC4CCN(C)CC4)cc32)sc1C(N)=O)c1ccccc1C(F)(F)F.C[C@@H](Oc1cc(-n2cnc3ccc(OC4CCN(C)CC4)cc32)sc1C(N)=O)c1ccccc1Cl.C[C@@H](Oc1cc(-n2cnc3ccc(OC4CCNCC4)cc32)sc1C(N)=O)c1ccccc1C(F)(F)F.C[C@@H](Oc1cc(-n2cnc3ccc(OC4CCNCC4)cc32)sc1C(N)=O)c1ccccc1Cl. The average Bonchev–Trinajstić information content (AvgIpc) is 1.66. The number of likely N-dealkylation sites (tertiary alicyclic amines) is 2. The third kappa shape index (κ3) is 24.2. The van der Waals surface area contributed by atoms with Crippen LogP contribution in [-0.2, 0) is 12.4 Å². The number of ether oxygens (including phenoxy) is 8. The molecule has 144 heavy (non-hydrogen) atoms. The number of amides is 4. The van der Waals surface area contributed by atoms with Gasteiger partial charge in [-0.3, -0.25) is 37.4 Å². The number of nitrogens with one attached hydrogen (secondary N) is 2. The van der Waals surface area contributed by atoms with E-state index in [0.29, 0.717) is 52.8 Å². The van der Waals surface area contributed by atoms with Crippen LogP contribution < -0.4 is 71.5 Å². The minimum Gasteiger partial charge on any atom is -0.490 e. The summed E-state index contributed by atoms with van der Waals surface area (Å²) in [5, 5.41) is 10.6. The van der Waals surface area contributed by atoms with Crippen molar-refractivity contribution < 1.29 is 83.4 Å². The van der Waals surface area contributed by atoms with Gasteiger partial charge < -0.3 is 81.3 Å². The van der Waals surface area contributed by atoms with Crippen LogP contribution in [0.15, 0.2) is 219 Å². The molecule has 0 aliphatic carbocycles. The number of carbonyl (C=O) groups excluding carboxylic acids is 4. The lowest BCUT2D eigenvalue weighted by Crippen LogP contribution is -2.35. The van der Waals surface area contributed by atoms with E-state index in [1.807, 2.05) is 156 Å². The number of piperidine rings is 4. The minimum absolute atomic E-state index is 0.0352. The molecule has 4 atom stereocenters. The van der Waals surface area contributed by atoms with Gasteiger partial charge in [-0.05, 0) is 192 Å². The van der Waals surface area contributed by atoms with E-state index in [2.05, 4.69) is 54.5 Å². The van der Waals surface area contributed by atoms with E-state index in [1.54, 1.807) is 46.6 Å². The van der Waals surface area contributed by atoms with Crippen LogP contribution in [0.5, 0.6) is 46.0 Å². The Hall–Kier alpha value is -13.3.